The summed E-state index contributed by atoms with van der Waals surface area (Å²) in [6, 6.07) is 19.0. The van der Waals surface area contributed by atoms with E-state index in [4.69, 9.17) is 5.73 Å². The summed E-state index contributed by atoms with van der Waals surface area (Å²) in [5.41, 5.74) is 8.77. The van der Waals surface area contributed by atoms with Crippen LogP contribution in [0.15, 0.2) is 76.7 Å². The van der Waals surface area contributed by atoms with Gasteiger partial charge in [-0.15, -0.1) is 0 Å². The second-order valence-corrected chi connectivity index (χ2v) is 5.38. The first-order valence-corrected chi connectivity index (χ1v) is 7.67. The third-order valence-corrected chi connectivity index (χ3v) is 3.56. The fraction of sp³-hybridized carbons (Fsp3) is 0. The summed E-state index contributed by atoms with van der Waals surface area (Å²) in [6.07, 6.45) is 3.13. The molecule has 0 amide bonds. The molecule has 0 aromatic heterocycles. The number of nitrogens with two attached hydrogens (primary N) is 1. The van der Waals surface area contributed by atoms with Gasteiger partial charge in [-0.1, -0.05) is 24.3 Å². The van der Waals surface area contributed by atoms with Crippen LogP contribution < -0.4 is 5.73 Å². The van der Waals surface area contributed by atoms with Gasteiger partial charge in [-0.2, -0.15) is 0 Å². The molecule has 0 unspecified atom stereocenters. The van der Waals surface area contributed by atoms with Crippen LogP contribution in [0.1, 0.15) is 11.1 Å². The van der Waals surface area contributed by atoms with Crippen molar-refractivity contribution in [1.29, 1.82) is 0 Å². The second-order valence-electron chi connectivity index (χ2n) is 5.38. The molecule has 0 aliphatic heterocycles. The Hall–Kier alpha value is -3.60. The second kappa shape index (κ2) is 7.31. The lowest BCUT2D eigenvalue weighted by molar-refractivity contribution is 0.474. The molecule has 0 saturated heterocycles. The Morgan fingerprint density at radius 1 is 0.680 bits per heavy atom. The quantitative estimate of drug-likeness (QED) is 0.494. The molecule has 0 fully saturated rings. The molecule has 124 valence electrons. The van der Waals surface area contributed by atoms with Crippen molar-refractivity contribution < 1.29 is 10.2 Å². The summed E-state index contributed by atoms with van der Waals surface area (Å²) in [6.45, 7) is 0. The van der Waals surface area contributed by atoms with E-state index in [1.54, 1.807) is 67.0 Å². The van der Waals surface area contributed by atoms with E-state index < -0.39 is 0 Å². The van der Waals surface area contributed by atoms with Crippen LogP contribution in [-0.2, 0) is 0 Å². The summed E-state index contributed by atoms with van der Waals surface area (Å²) in [5.74, 6) is 0.301. The van der Waals surface area contributed by atoms with E-state index in [2.05, 4.69) is 9.98 Å². The van der Waals surface area contributed by atoms with E-state index in [-0.39, 0.29) is 11.5 Å². The standard InChI is InChI=1S/C20H17N3O2/c21-16-9-10-17(22-12-14-5-1-3-7-19(14)24)18(11-16)23-13-15-6-2-4-8-20(15)25/h1-13,24-25H,21H2. The Labute approximate surface area is 145 Å². The molecule has 3 aromatic rings. The lowest BCUT2D eigenvalue weighted by Gasteiger charge is -2.03. The van der Waals surface area contributed by atoms with Crippen molar-refractivity contribution in [2.24, 2.45) is 9.98 Å². The number of hydrogen-bond acceptors (Lipinski definition) is 5. The third kappa shape index (κ3) is 4.03. The number of aliphatic imine (C=N–C) groups is 2. The van der Waals surface area contributed by atoms with E-state index in [0.717, 1.165) is 0 Å². The molecule has 5 nitrogen and oxygen atoms in total. The highest BCUT2D eigenvalue weighted by Gasteiger charge is 2.02. The first-order valence-electron chi connectivity index (χ1n) is 7.67. The van der Waals surface area contributed by atoms with E-state index in [9.17, 15) is 10.2 Å². The maximum absolute atomic E-state index is 9.82. The van der Waals surface area contributed by atoms with Gasteiger partial charge in [0.2, 0.25) is 0 Å². The average molecular weight is 331 g/mol. The van der Waals surface area contributed by atoms with Crippen molar-refractivity contribution in [3.8, 4) is 11.5 Å². The zero-order chi connectivity index (χ0) is 17.6. The summed E-state index contributed by atoms with van der Waals surface area (Å²) in [5, 5.41) is 19.6. The van der Waals surface area contributed by atoms with Gasteiger partial charge >= 0.3 is 0 Å². The molecule has 0 aliphatic rings. The third-order valence-electron chi connectivity index (χ3n) is 3.56. The molecule has 0 radical (unpaired) electrons. The minimum absolute atomic E-state index is 0.148. The zero-order valence-corrected chi connectivity index (χ0v) is 13.4. The molecular weight excluding hydrogens is 314 g/mol. The van der Waals surface area contributed by atoms with Crippen molar-refractivity contribution in [2.75, 3.05) is 5.73 Å². The van der Waals surface area contributed by atoms with E-state index >= 15 is 0 Å². The van der Waals surface area contributed by atoms with Crippen molar-refractivity contribution in [3.05, 3.63) is 77.9 Å². The molecule has 3 aromatic carbocycles. The average Bonchev–Trinajstić information content (AvgIpc) is 2.61. The smallest absolute Gasteiger partial charge is 0.124 e. The highest BCUT2D eigenvalue weighted by molar-refractivity contribution is 5.89. The number of rotatable bonds is 4. The molecule has 3 rings (SSSR count). The van der Waals surface area contributed by atoms with Gasteiger partial charge in [0.05, 0.1) is 11.4 Å². The summed E-state index contributed by atoms with van der Waals surface area (Å²) in [4.78, 5) is 8.79. The van der Waals surface area contributed by atoms with Crippen molar-refractivity contribution >= 4 is 29.5 Å². The number of nitrogens with zero attached hydrogens (tertiary/aromatic N) is 2. The summed E-state index contributed by atoms with van der Waals surface area (Å²) in [7, 11) is 0. The number of aromatic hydroxyl groups is 2. The van der Waals surface area contributed by atoms with E-state index in [1.165, 1.54) is 0 Å². The molecule has 0 heterocycles. The van der Waals surface area contributed by atoms with Crippen LogP contribution in [0.3, 0.4) is 0 Å². The molecular formula is C20H17N3O2. The Bertz CT molecular complexity index is 949. The molecule has 0 spiro atoms. The van der Waals surface area contributed by atoms with Gasteiger partial charge in [-0.05, 0) is 42.5 Å². The maximum Gasteiger partial charge on any atom is 0.124 e. The molecule has 0 bridgehead atoms. The minimum atomic E-state index is 0.148. The van der Waals surface area contributed by atoms with Gasteiger partial charge in [-0.3, -0.25) is 9.98 Å². The number of anilines is 1. The SMILES string of the molecule is Nc1ccc(N=Cc2ccccc2O)c(N=Cc2ccccc2O)c1. The van der Waals surface area contributed by atoms with Crippen LogP contribution in [0.2, 0.25) is 0 Å². The predicted molar refractivity (Wildman–Crippen MR) is 102 cm³/mol. The van der Waals surface area contributed by atoms with Crippen molar-refractivity contribution in [3.63, 3.8) is 0 Å². The number of phenols is 2. The molecule has 25 heavy (non-hydrogen) atoms. The zero-order valence-electron chi connectivity index (χ0n) is 13.4. The normalized spacial score (nSPS) is 11.4. The largest absolute Gasteiger partial charge is 0.507 e. The van der Waals surface area contributed by atoms with Gasteiger partial charge in [0.25, 0.3) is 0 Å². The number of nitrogen functional groups attached to an aromatic ring is 1. The highest BCUT2D eigenvalue weighted by atomic mass is 16.3. The Morgan fingerprint density at radius 2 is 1.20 bits per heavy atom. The first kappa shape index (κ1) is 16.3. The lowest BCUT2D eigenvalue weighted by Crippen LogP contribution is -1.86. The van der Waals surface area contributed by atoms with Gasteiger partial charge in [0, 0.05) is 29.2 Å². The molecule has 0 atom stereocenters. The number of para-hydroxylation sites is 2. The molecule has 0 saturated carbocycles. The first-order chi connectivity index (χ1) is 12.1. The number of phenolic OH excluding ortho intramolecular Hbond substituents is 2. The van der Waals surface area contributed by atoms with Gasteiger partial charge in [0.15, 0.2) is 0 Å². The Morgan fingerprint density at radius 3 is 1.76 bits per heavy atom. The van der Waals surface area contributed by atoms with Crippen molar-refractivity contribution in [2.45, 2.75) is 0 Å². The van der Waals surface area contributed by atoms with Gasteiger partial charge in [-0.25, -0.2) is 0 Å². The topological polar surface area (TPSA) is 91.2 Å². The Balaban J connectivity index is 1.93. The van der Waals surface area contributed by atoms with Crippen LogP contribution in [0.4, 0.5) is 17.1 Å². The monoisotopic (exact) mass is 331 g/mol. The van der Waals surface area contributed by atoms with Crippen LogP contribution in [-0.4, -0.2) is 22.6 Å². The Kier molecular flexibility index (Phi) is 4.76. The van der Waals surface area contributed by atoms with Crippen LogP contribution in [0.25, 0.3) is 0 Å². The molecule has 4 N–H and O–H groups in total. The predicted octanol–water partition coefficient (Wildman–Crippen LogP) is 4.18. The van der Waals surface area contributed by atoms with E-state index in [0.29, 0.717) is 28.2 Å². The molecule has 0 aliphatic carbocycles. The van der Waals surface area contributed by atoms with E-state index in [1.807, 2.05) is 12.1 Å². The maximum atomic E-state index is 9.82. The highest BCUT2D eigenvalue weighted by Crippen LogP contribution is 2.30. The summed E-state index contributed by atoms with van der Waals surface area (Å²) < 4.78 is 0. The van der Waals surface area contributed by atoms with Crippen molar-refractivity contribution in [1.82, 2.24) is 0 Å². The number of benzene rings is 3. The van der Waals surface area contributed by atoms with Gasteiger partial charge < -0.3 is 15.9 Å². The van der Waals surface area contributed by atoms with Crippen LogP contribution in [0.5, 0.6) is 11.5 Å². The fourth-order valence-corrected chi connectivity index (χ4v) is 2.22. The number of hydrogen-bond donors (Lipinski definition) is 3. The lowest BCUT2D eigenvalue weighted by atomic mass is 10.2. The van der Waals surface area contributed by atoms with Crippen LogP contribution in [0, 0.1) is 0 Å². The van der Waals surface area contributed by atoms with Crippen LogP contribution >= 0.6 is 0 Å². The fourth-order valence-electron chi connectivity index (χ4n) is 2.22. The molecule has 5 heteroatoms. The minimum Gasteiger partial charge on any atom is -0.507 e. The summed E-state index contributed by atoms with van der Waals surface area (Å²) >= 11 is 0. The van der Waals surface area contributed by atoms with Gasteiger partial charge in [0.1, 0.15) is 11.5 Å².